The van der Waals surface area contributed by atoms with Crippen LogP contribution in [0.5, 0.6) is 0 Å². The molecular weight excluding hydrogens is 218 g/mol. The van der Waals surface area contributed by atoms with Gasteiger partial charge in [-0.1, -0.05) is 6.08 Å². The van der Waals surface area contributed by atoms with E-state index in [4.69, 9.17) is 5.11 Å². The van der Waals surface area contributed by atoms with E-state index in [2.05, 4.69) is 16.3 Å². The Balaban J connectivity index is 1.66. The first-order valence-corrected chi connectivity index (χ1v) is 6.35. The van der Waals surface area contributed by atoms with E-state index in [1.807, 2.05) is 4.90 Å². The molecule has 0 aromatic heterocycles. The summed E-state index contributed by atoms with van der Waals surface area (Å²) in [4.78, 5) is 15.8. The van der Waals surface area contributed by atoms with Crippen molar-refractivity contribution in [3.8, 4) is 0 Å². The van der Waals surface area contributed by atoms with Crippen LogP contribution in [0.2, 0.25) is 0 Å². The number of amides is 2. The monoisotopic (exact) mass is 239 g/mol. The molecular formula is C12H21N3O2. The minimum atomic E-state index is -0.00875. The molecule has 0 radical (unpaired) electrons. The Morgan fingerprint density at radius 2 is 2.00 bits per heavy atom. The van der Waals surface area contributed by atoms with Crippen molar-refractivity contribution >= 4 is 6.03 Å². The molecule has 2 N–H and O–H groups in total. The zero-order valence-corrected chi connectivity index (χ0v) is 10.1. The summed E-state index contributed by atoms with van der Waals surface area (Å²) in [6.45, 7) is 4.07. The van der Waals surface area contributed by atoms with Crippen LogP contribution in [-0.4, -0.2) is 60.3 Å². The molecule has 1 aliphatic carbocycles. The number of piperazine rings is 1. The first-order valence-electron chi connectivity index (χ1n) is 6.35. The lowest BCUT2D eigenvalue weighted by molar-refractivity contribution is 0.123. The van der Waals surface area contributed by atoms with Crippen LogP contribution >= 0.6 is 0 Å². The van der Waals surface area contributed by atoms with Crippen LogP contribution < -0.4 is 5.32 Å². The van der Waals surface area contributed by atoms with Crippen LogP contribution in [0.4, 0.5) is 4.79 Å². The fourth-order valence-electron chi connectivity index (χ4n) is 1.95. The average Bonchev–Trinajstić information content (AvgIpc) is 3.14. The van der Waals surface area contributed by atoms with Gasteiger partial charge in [0.05, 0.1) is 6.61 Å². The van der Waals surface area contributed by atoms with Crippen LogP contribution in [0.15, 0.2) is 12.3 Å². The Morgan fingerprint density at radius 1 is 1.29 bits per heavy atom. The van der Waals surface area contributed by atoms with Gasteiger partial charge in [-0.15, -0.1) is 0 Å². The predicted molar refractivity (Wildman–Crippen MR) is 65.5 cm³/mol. The molecule has 96 valence electrons. The Bertz CT molecular complexity index is 281. The van der Waals surface area contributed by atoms with E-state index in [0.29, 0.717) is 12.5 Å². The number of hydrogen-bond donors (Lipinski definition) is 2. The molecule has 1 aliphatic heterocycles. The van der Waals surface area contributed by atoms with Gasteiger partial charge in [0.1, 0.15) is 0 Å². The van der Waals surface area contributed by atoms with Crippen molar-refractivity contribution in [3.05, 3.63) is 12.3 Å². The molecule has 0 unspecified atom stereocenters. The smallest absolute Gasteiger partial charge is 0.321 e. The van der Waals surface area contributed by atoms with Gasteiger partial charge in [0.2, 0.25) is 0 Å². The van der Waals surface area contributed by atoms with Gasteiger partial charge in [-0.2, -0.15) is 0 Å². The highest BCUT2D eigenvalue weighted by molar-refractivity contribution is 5.75. The fraction of sp³-hybridized carbons (Fsp3) is 0.750. The summed E-state index contributed by atoms with van der Waals surface area (Å²) in [7, 11) is 0. The first kappa shape index (κ1) is 12.4. The van der Waals surface area contributed by atoms with Gasteiger partial charge in [-0.05, 0) is 18.8 Å². The maximum absolute atomic E-state index is 11.8. The van der Waals surface area contributed by atoms with Crippen molar-refractivity contribution in [2.75, 3.05) is 39.3 Å². The molecule has 0 aromatic rings. The van der Waals surface area contributed by atoms with Crippen LogP contribution in [0.3, 0.4) is 0 Å². The third kappa shape index (κ3) is 4.02. The summed E-state index contributed by atoms with van der Waals surface area (Å²) in [6, 6.07) is -0.00875. The van der Waals surface area contributed by atoms with E-state index in [0.717, 1.165) is 26.2 Å². The summed E-state index contributed by atoms with van der Waals surface area (Å²) in [5.41, 5.74) is 0. The van der Waals surface area contributed by atoms with E-state index in [-0.39, 0.29) is 12.6 Å². The molecule has 5 heteroatoms. The lowest BCUT2D eigenvalue weighted by Crippen LogP contribution is -2.51. The van der Waals surface area contributed by atoms with Crippen LogP contribution in [-0.2, 0) is 0 Å². The molecule has 1 saturated carbocycles. The zero-order valence-electron chi connectivity index (χ0n) is 10.1. The minimum Gasteiger partial charge on any atom is -0.395 e. The number of nitrogens with zero attached hydrogens (tertiary/aromatic N) is 2. The number of rotatable bonds is 4. The van der Waals surface area contributed by atoms with E-state index < -0.39 is 0 Å². The largest absolute Gasteiger partial charge is 0.395 e. The van der Waals surface area contributed by atoms with E-state index in [1.165, 1.54) is 12.8 Å². The third-order valence-corrected chi connectivity index (χ3v) is 3.27. The Kier molecular flexibility index (Phi) is 4.39. The van der Waals surface area contributed by atoms with Gasteiger partial charge >= 0.3 is 6.03 Å². The van der Waals surface area contributed by atoms with Crippen molar-refractivity contribution in [1.29, 1.82) is 0 Å². The topological polar surface area (TPSA) is 55.8 Å². The molecule has 2 aliphatic rings. The number of urea groups is 1. The summed E-state index contributed by atoms with van der Waals surface area (Å²) in [5.74, 6) is 0.691. The summed E-state index contributed by atoms with van der Waals surface area (Å²) in [5, 5.41) is 11.6. The van der Waals surface area contributed by atoms with Gasteiger partial charge in [0.25, 0.3) is 0 Å². The molecule has 2 fully saturated rings. The summed E-state index contributed by atoms with van der Waals surface area (Å²) < 4.78 is 0. The molecule has 0 spiro atoms. The maximum Gasteiger partial charge on any atom is 0.321 e. The van der Waals surface area contributed by atoms with Crippen molar-refractivity contribution in [3.63, 3.8) is 0 Å². The molecule has 0 atom stereocenters. The fourth-order valence-corrected chi connectivity index (χ4v) is 1.95. The van der Waals surface area contributed by atoms with Gasteiger partial charge in [0.15, 0.2) is 0 Å². The second kappa shape index (κ2) is 6.02. The number of β-amino-alcohol motifs (C(OH)–C–C–N with tert-alkyl or cyclic N) is 1. The normalized spacial score (nSPS) is 22.1. The van der Waals surface area contributed by atoms with E-state index in [9.17, 15) is 4.79 Å². The zero-order chi connectivity index (χ0) is 12.1. The average molecular weight is 239 g/mol. The number of carbonyl (C=O) groups excluding carboxylic acids is 1. The lowest BCUT2D eigenvalue weighted by Gasteiger charge is -2.33. The Labute approximate surface area is 102 Å². The molecule has 1 heterocycles. The molecule has 0 aromatic carbocycles. The van der Waals surface area contributed by atoms with E-state index in [1.54, 1.807) is 6.20 Å². The second-order valence-corrected chi connectivity index (χ2v) is 4.70. The van der Waals surface area contributed by atoms with E-state index >= 15 is 0 Å². The van der Waals surface area contributed by atoms with Crippen molar-refractivity contribution in [2.45, 2.75) is 12.8 Å². The third-order valence-electron chi connectivity index (χ3n) is 3.27. The summed E-state index contributed by atoms with van der Waals surface area (Å²) in [6.07, 6.45) is 6.36. The van der Waals surface area contributed by atoms with Gasteiger partial charge in [-0.25, -0.2) is 4.79 Å². The van der Waals surface area contributed by atoms with Crippen LogP contribution in [0.25, 0.3) is 0 Å². The van der Waals surface area contributed by atoms with Crippen LogP contribution in [0.1, 0.15) is 12.8 Å². The Hall–Kier alpha value is -1.07. The highest BCUT2D eigenvalue weighted by Gasteiger charge is 2.20. The number of aliphatic hydroxyl groups excluding tert-OH is 1. The van der Waals surface area contributed by atoms with Gasteiger partial charge in [-0.3, -0.25) is 4.90 Å². The highest BCUT2D eigenvalue weighted by atomic mass is 16.3. The molecule has 2 rings (SSSR count). The predicted octanol–water partition coefficient (Wildman–Crippen LogP) is 0.230. The molecule has 17 heavy (non-hydrogen) atoms. The first-order chi connectivity index (χ1) is 8.29. The summed E-state index contributed by atoms with van der Waals surface area (Å²) >= 11 is 0. The Morgan fingerprint density at radius 3 is 2.59 bits per heavy atom. The van der Waals surface area contributed by atoms with Crippen molar-refractivity contribution < 1.29 is 9.90 Å². The number of nitrogens with one attached hydrogen (secondary N) is 1. The van der Waals surface area contributed by atoms with Gasteiger partial charge in [0, 0.05) is 38.9 Å². The molecule has 5 nitrogen and oxygen atoms in total. The molecule has 2 amide bonds. The number of carbonyl (C=O) groups is 1. The lowest BCUT2D eigenvalue weighted by atomic mass is 10.3. The van der Waals surface area contributed by atoms with Gasteiger partial charge < -0.3 is 15.3 Å². The minimum absolute atomic E-state index is 0.00875. The number of allylic oxidation sites excluding steroid dienone is 1. The number of hydrogen-bond acceptors (Lipinski definition) is 3. The maximum atomic E-state index is 11.8. The molecule has 0 bridgehead atoms. The molecule has 1 saturated heterocycles. The van der Waals surface area contributed by atoms with Crippen molar-refractivity contribution in [2.24, 2.45) is 5.92 Å². The van der Waals surface area contributed by atoms with Crippen molar-refractivity contribution in [1.82, 2.24) is 15.1 Å². The standard InChI is InChI=1S/C12H21N3O2/c16-10-9-14-5-7-15(8-6-14)12(17)13-4-3-11-1-2-11/h3-4,11,16H,1-2,5-10H2,(H,13,17)/b4-3+. The SMILES string of the molecule is O=C(N/C=C/C1CC1)N1CCN(CCO)CC1. The second-order valence-electron chi connectivity index (χ2n) is 4.70. The number of aliphatic hydroxyl groups is 1. The quantitative estimate of drug-likeness (QED) is 0.738. The van der Waals surface area contributed by atoms with Crippen LogP contribution in [0, 0.1) is 5.92 Å². The highest BCUT2D eigenvalue weighted by Crippen LogP contribution is 2.29.